The molecule has 1 rings (SSSR count). The van der Waals surface area contributed by atoms with E-state index in [-0.39, 0.29) is 17.4 Å². The minimum atomic E-state index is -0.216. The van der Waals surface area contributed by atoms with E-state index in [4.69, 9.17) is 0 Å². The number of Topliss-reactive ketones (excluding diaryl/α,β-unsaturated/α-hetero) is 1. The lowest BCUT2D eigenvalue weighted by Gasteiger charge is -2.22. The maximum absolute atomic E-state index is 12.0. The predicted octanol–water partition coefficient (Wildman–Crippen LogP) is 1.06. The maximum Gasteiger partial charge on any atom is 0.144 e. The number of rotatable bonds is 1. The van der Waals surface area contributed by atoms with Gasteiger partial charge in [-0.1, -0.05) is 20.8 Å². The Labute approximate surface area is 80.5 Å². The Hall–Kier alpha value is -0.410. The number of carbonyl (C=O) groups excluding carboxylic acids is 1. The Balaban J connectivity index is 2.68. The van der Waals surface area contributed by atoms with Gasteiger partial charge in [-0.3, -0.25) is 10.2 Å². The molecule has 0 saturated carbocycles. The van der Waals surface area contributed by atoms with Gasteiger partial charge in [-0.2, -0.15) is 0 Å². The van der Waals surface area contributed by atoms with Crippen LogP contribution in [0.3, 0.4) is 0 Å². The molecule has 1 N–H and O–H groups in total. The van der Waals surface area contributed by atoms with Crippen molar-refractivity contribution in [2.24, 2.45) is 11.3 Å². The second-order valence-corrected chi connectivity index (χ2v) is 5.02. The van der Waals surface area contributed by atoms with E-state index in [0.717, 1.165) is 6.54 Å². The van der Waals surface area contributed by atoms with Crippen molar-refractivity contribution in [3.05, 3.63) is 0 Å². The van der Waals surface area contributed by atoms with Crippen molar-refractivity contribution >= 4 is 5.78 Å². The van der Waals surface area contributed by atoms with Gasteiger partial charge in [0.1, 0.15) is 5.78 Å². The summed E-state index contributed by atoms with van der Waals surface area (Å²) in [6.45, 7) is 8.86. The van der Waals surface area contributed by atoms with E-state index in [0.29, 0.717) is 5.78 Å². The van der Waals surface area contributed by atoms with Crippen molar-refractivity contribution in [1.29, 1.82) is 0 Å². The van der Waals surface area contributed by atoms with Crippen LogP contribution in [-0.4, -0.2) is 30.4 Å². The molecule has 0 spiro atoms. The smallest absolute Gasteiger partial charge is 0.144 e. The summed E-state index contributed by atoms with van der Waals surface area (Å²) in [5.74, 6) is 0.502. The fourth-order valence-electron chi connectivity index (χ4n) is 1.81. The highest BCUT2D eigenvalue weighted by Crippen LogP contribution is 2.25. The average Bonchev–Trinajstić information content (AvgIpc) is 2.26. The van der Waals surface area contributed by atoms with Crippen LogP contribution < -0.4 is 5.43 Å². The van der Waals surface area contributed by atoms with Crippen LogP contribution in [0.1, 0.15) is 27.7 Å². The van der Waals surface area contributed by atoms with E-state index in [1.54, 1.807) is 0 Å². The van der Waals surface area contributed by atoms with Crippen molar-refractivity contribution < 1.29 is 4.79 Å². The highest BCUT2D eigenvalue weighted by atomic mass is 16.1. The molecule has 0 aromatic carbocycles. The highest BCUT2D eigenvalue weighted by molar-refractivity contribution is 5.87. The second-order valence-electron chi connectivity index (χ2n) is 5.02. The summed E-state index contributed by atoms with van der Waals surface area (Å²) in [5.41, 5.74) is 3.02. The van der Waals surface area contributed by atoms with E-state index in [1.807, 2.05) is 32.8 Å². The van der Waals surface area contributed by atoms with Crippen molar-refractivity contribution in [3.8, 4) is 0 Å². The van der Waals surface area contributed by atoms with Crippen molar-refractivity contribution in [2.45, 2.75) is 33.7 Å². The lowest BCUT2D eigenvalue weighted by atomic mass is 9.81. The van der Waals surface area contributed by atoms with Gasteiger partial charge in [0.05, 0.1) is 0 Å². The Morgan fingerprint density at radius 1 is 1.46 bits per heavy atom. The predicted molar refractivity (Wildman–Crippen MR) is 53.2 cm³/mol. The van der Waals surface area contributed by atoms with Gasteiger partial charge >= 0.3 is 0 Å². The van der Waals surface area contributed by atoms with Crippen LogP contribution in [-0.2, 0) is 4.79 Å². The van der Waals surface area contributed by atoms with E-state index in [9.17, 15) is 4.79 Å². The zero-order chi connectivity index (χ0) is 10.2. The molecule has 2 unspecified atom stereocenters. The van der Waals surface area contributed by atoms with Gasteiger partial charge in [0, 0.05) is 31.0 Å². The molecule has 0 bridgehead atoms. The molecule has 1 saturated heterocycles. The summed E-state index contributed by atoms with van der Waals surface area (Å²) in [5, 5.41) is 2.00. The zero-order valence-electron chi connectivity index (χ0n) is 9.22. The number of nitrogens with one attached hydrogen (secondary N) is 1. The number of hydrazine groups is 1. The summed E-state index contributed by atoms with van der Waals surface area (Å²) in [4.78, 5) is 12.0. The molecule has 0 radical (unpaired) electrons. The summed E-state index contributed by atoms with van der Waals surface area (Å²) >= 11 is 0. The Bertz CT molecular complexity index is 207. The first-order chi connectivity index (χ1) is 5.82. The lowest BCUT2D eigenvalue weighted by Crippen LogP contribution is -2.36. The van der Waals surface area contributed by atoms with Gasteiger partial charge in [0.15, 0.2) is 0 Å². The van der Waals surface area contributed by atoms with Crippen molar-refractivity contribution in [2.75, 3.05) is 13.6 Å². The molecule has 0 aromatic heterocycles. The SMILES string of the molecule is CC1NN(C)CC1C(=O)C(C)(C)C. The molecular formula is C10H20N2O. The first-order valence-electron chi connectivity index (χ1n) is 4.84. The second kappa shape index (κ2) is 3.39. The minimum absolute atomic E-state index is 0.144. The molecule has 13 heavy (non-hydrogen) atoms. The normalized spacial score (nSPS) is 30.8. The fraction of sp³-hybridized carbons (Fsp3) is 0.900. The molecule has 2 atom stereocenters. The molecule has 0 aliphatic carbocycles. The van der Waals surface area contributed by atoms with Gasteiger partial charge in [-0.05, 0) is 6.92 Å². The van der Waals surface area contributed by atoms with Crippen LogP contribution in [0, 0.1) is 11.3 Å². The van der Waals surface area contributed by atoms with E-state index in [1.165, 1.54) is 0 Å². The summed E-state index contributed by atoms with van der Waals surface area (Å²) in [6.07, 6.45) is 0. The number of ketones is 1. The molecule has 3 nitrogen and oxygen atoms in total. The lowest BCUT2D eigenvalue weighted by molar-refractivity contribution is -0.130. The maximum atomic E-state index is 12.0. The zero-order valence-corrected chi connectivity index (χ0v) is 9.22. The largest absolute Gasteiger partial charge is 0.299 e. The van der Waals surface area contributed by atoms with Gasteiger partial charge in [0.25, 0.3) is 0 Å². The number of hydrogen-bond donors (Lipinski definition) is 1. The highest BCUT2D eigenvalue weighted by Gasteiger charge is 2.37. The summed E-state index contributed by atoms with van der Waals surface area (Å²) in [7, 11) is 1.98. The number of carbonyl (C=O) groups is 1. The van der Waals surface area contributed by atoms with Crippen LogP contribution in [0.2, 0.25) is 0 Å². The molecule has 1 fully saturated rings. The molecule has 3 heteroatoms. The molecule has 1 aliphatic heterocycles. The van der Waals surface area contributed by atoms with Gasteiger partial charge in [-0.25, -0.2) is 5.01 Å². The molecule has 0 amide bonds. The van der Waals surface area contributed by atoms with Crippen molar-refractivity contribution in [1.82, 2.24) is 10.4 Å². The standard InChI is InChI=1S/C10H20N2O/c1-7-8(6-12(5)11-7)9(13)10(2,3)4/h7-8,11H,6H2,1-5H3. The summed E-state index contributed by atoms with van der Waals surface area (Å²) < 4.78 is 0. The average molecular weight is 184 g/mol. The van der Waals surface area contributed by atoms with Gasteiger partial charge in [-0.15, -0.1) is 0 Å². The third kappa shape index (κ3) is 2.29. The monoisotopic (exact) mass is 184 g/mol. The molecule has 1 aliphatic rings. The van der Waals surface area contributed by atoms with E-state index >= 15 is 0 Å². The van der Waals surface area contributed by atoms with Crippen LogP contribution >= 0.6 is 0 Å². The summed E-state index contributed by atoms with van der Waals surface area (Å²) in [6, 6.07) is 0.275. The minimum Gasteiger partial charge on any atom is -0.299 e. The third-order valence-corrected chi connectivity index (χ3v) is 2.57. The van der Waals surface area contributed by atoms with Crippen molar-refractivity contribution in [3.63, 3.8) is 0 Å². The number of hydrogen-bond acceptors (Lipinski definition) is 3. The quantitative estimate of drug-likeness (QED) is 0.661. The van der Waals surface area contributed by atoms with E-state index in [2.05, 4.69) is 12.3 Å². The third-order valence-electron chi connectivity index (χ3n) is 2.57. The molecular weight excluding hydrogens is 164 g/mol. The van der Waals surface area contributed by atoms with Crippen LogP contribution in [0.4, 0.5) is 0 Å². The van der Waals surface area contributed by atoms with Gasteiger partial charge < -0.3 is 0 Å². The van der Waals surface area contributed by atoms with Crippen LogP contribution in [0.25, 0.3) is 0 Å². The number of nitrogens with zero attached hydrogens (tertiary/aromatic N) is 1. The van der Waals surface area contributed by atoms with Gasteiger partial charge in [0.2, 0.25) is 0 Å². The molecule has 0 aromatic rings. The Kier molecular flexibility index (Phi) is 2.78. The van der Waals surface area contributed by atoms with Crippen LogP contribution in [0.5, 0.6) is 0 Å². The topological polar surface area (TPSA) is 32.3 Å². The first kappa shape index (κ1) is 10.7. The molecule has 1 heterocycles. The fourth-order valence-corrected chi connectivity index (χ4v) is 1.81. The molecule has 76 valence electrons. The Morgan fingerprint density at radius 3 is 2.31 bits per heavy atom. The van der Waals surface area contributed by atoms with Crippen LogP contribution in [0.15, 0.2) is 0 Å². The first-order valence-corrected chi connectivity index (χ1v) is 4.84. The van der Waals surface area contributed by atoms with E-state index < -0.39 is 0 Å². The Morgan fingerprint density at radius 2 is 2.00 bits per heavy atom.